The van der Waals surface area contributed by atoms with E-state index in [9.17, 15) is 9.90 Å². The average molecular weight is 207 g/mol. The van der Waals surface area contributed by atoms with E-state index in [1.54, 1.807) is 24.3 Å². The van der Waals surface area contributed by atoms with E-state index >= 15 is 0 Å². The van der Waals surface area contributed by atoms with Crippen LogP contribution in [0.3, 0.4) is 0 Å². The topological polar surface area (TPSA) is 72.6 Å². The molecule has 4 heteroatoms. The van der Waals surface area contributed by atoms with Gasteiger partial charge in [0.2, 0.25) is 5.91 Å². The Balaban J connectivity index is 2.84. The van der Waals surface area contributed by atoms with Gasteiger partial charge in [-0.25, -0.2) is 0 Å². The van der Waals surface area contributed by atoms with E-state index in [1.165, 1.54) is 13.2 Å². The summed E-state index contributed by atoms with van der Waals surface area (Å²) in [5.41, 5.74) is 5.78. The summed E-state index contributed by atoms with van der Waals surface area (Å²) in [5.74, 6) is 0.304. The van der Waals surface area contributed by atoms with Gasteiger partial charge in [-0.05, 0) is 12.1 Å². The maximum atomic E-state index is 10.5. The predicted octanol–water partition coefficient (Wildman–Crippen LogP) is 1.29. The van der Waals surface area contributed by atoms with Crippen molar-refractivity contribution in [2.75, 3.05) is 7.11 Å². The molecule has 0 atom stereocenters. The monoisotopic (exact) mass is 207 g/mol. The van der Waals surface area contributed by atoms with Gasteiger partial charge in [0.15, 0.2) is 0 Å². The van der Waals surface area contributed by atoms with E-state index in [4.69, 9.17) is 10.5 Å². The summed E-state index contributed by atoms with van der Waals surface area (Å²) >= 11 is 0. The smallest absolute Gasteiger partial charge is 0.221 e. The van der Waals surface area contributed by atoms with E-state index < -0.39 is 0 Å². The molecule has 0 bridgehead atoms. The van der Waals surface area contributed by atoms with Gasteiger partial charge < -0.3 is 15.6 Å². The lowest BCUT2D eigenvalue weighted by molar-refractivity contribution is -0.117. The first-order valence-corrected chi connectivity index (χ1v) is 4.45. The van der Waals surface area contributed by atoms with E-state index in [1.807, 2.05) is 0 Å². The van der Waals surface area contributed by atoms with Crippen LogP contribution in [0.15, 0.2) is 24.3 Å². The van der Waals surface area contributed by atoms with Crippen molar-refractivity contribution < 1.29 is 14.6 Å². The van der Waals surface area contributed by atoms with Crippen molar-refractivity contribution in [3.05, 3.63) is 29.8 Å². The lowest BCUT2D eigenvalue weighted by atomic mass is 10.1. The second kappa shape index (κ2) is 5.05. The molecule has 0 fully saturated rings. The van der Waals surface area contributed by atoms with E-state index in [0.717, 1.165) is 5.56 Å². The van der Waals surface area contributed by atoms with Gasteiger partial charge in [-0.3, -0.25) is 4.79 Å². The van der Waals surface area contributed by atoms with Crippen LogP contribution in [0.4, 0.5) is 0 Å². The lowest BCUT2D eigenvalue weighted by Crippen LogP contribution is -2.07. The number of hydrogen-bond acceptors (Lipinski definition) is 3. The molecular weight excluding hydrogens is 194 g/mol. The second-order valence-corrected chi connectivity index (χ2v) is 3.00. The molecule has 0 heterocycles. The molecule has 1 rings (SSSR count). The standard InChI is InChI=1S/C11H13NO3/c1-15-10-7-9(13)6-5-8(10)3-2-4-11(12)14/h2-3,5-7,13H,4H2,1H3,(H2,12,14). The Bertz CT molecular complexity index is 385. The zero-order valence-electron chi connectivity index (χ0n) is 8.43. The molecule has 4 nitrogen and oxygen atoms in total. The van der Waals surface area contributed by atoms with E-state index in [2.05, 4.69) is 0 Å². The zero-order chi connectivity index (χ0) is 11.3. The zero-order valence-corrected chi connectivity index (χ0v) is 8.43. The van der Waals surface area contributed by atoms with E-state index in [-0.39, 0.29) is 18.1 Å². The fourth-order valence-electron chi connectivity index (χ4n) is 1.14. The van der Waals surface area contributed by atoms with Crippen molar-refractivity contribution >= 4 is 12.0 Å². The second-order valence-electron chi connectivity index (χ2n) is 3.00. The number of hydrogen-bond donors (Lipinski definition) is 2. The number of methoxy groups -OCH3 is 1. The summed E-state index contributed by atoms with van der Waals surface area (Å²) < 4.78 is 5.06. The SMILES string of the molecule is COc1cc(O)ccc1C=CCC(N)=O. The number of rotatable bonds is 4. The number of phenolic OH excluding ortho intramolecular Hbond substituents is 1. The van der Waals surface area contributed by atoms with Crippen LogP contribution in [0, 0.1) is 0 Å². The van der Waals surface area contributed by atoms with Crippen LogP contribution in [-0.4, -0.2) is 18.1 Å². The molecule has 0 aromatic heterocycles. The van der Waals surface area contributed by atoms with Crippen LogP contribution < -0.4 is 10.5 Å². The van der Waals surface area contributed by atoms with Crippen LogP contribution in [0.25, 0.3) is 6.08 Å². The first-order chi connectivity index (χ1) is 7.13. The number of phenols is 1. The number of primary amides is 1. The Morgan fingerprint density at radius 3 is 2.93 bits per heavy atom. The molecule has 0 unspecified atom stereocenters. The van der Waals surface area contributed by atoms with Crippen LogP contribution in [0.5, 0.6) is 11.5 Å². The summed E-state index contributed by atoms with van der Waals surface area (Å²) in [5, 5.41) is 9.20. The summed E-state index contributed by atoms with van der Waals surface area (Å²) in [4.78, 5) is 10.5. The molecule has 0 saturated carbocycles. The lowest BCUT2D eigenvalue weighted by Gasteiger charge is -2.04. The fourth-order valence-corrected chi connectivity index (χ4v) is 1.14. The third-order valence-electron chi connectivity index (χ3n) is 1.83. The molecule has 15 heavy (non-hydrogen) atoms. The fraction of sp³-hybridized carbons (Fsp3) is 0.182. The number of benzene rings is 1. The minimum Gasteiger partial charge on any atom is -0.508 e. The van der Waals surface area contributed by atoms with Gasteiger partial charge in [-0.15, -0.1) is 0 Å². The Morgan fingerprint density at radius 2 is 2.33 bits per heavy atom. The molecule has 1 aromatic rings. The van der Waals surface area contributed by atoms with Crippen molar-refractivity contribution in [2.45, 2.75) is 6.42 Å². The van der Waals surface area contributed by atoms with Gasteiger partial charge in [-0.2, -0.15) is 0 Å². The maximum absolute atomic E-state index is 10.5. The number of amides is 1. The van der Waals surface area contributed by atoms with Crippen molar-refractivity contribution in [1.29, 1.82) is 0 Å². The molecule has 0 aliphatic rings. The molecule has 0 radical (unpaired) electrons. The van der Waals surface area contributed by atoms with Crippen LogP contribution in [0.2, 0.25) is 0 Å². The van der Waals surface area contributed by atoms with Gasteiger partial charge in [0.1, 0.15) is 11.5 Å². The van der Waals surface area contributed by atoms with Crippen molar-refractivity contribution in [1.82, 2.24) is 0 Å². The molecule has 1 amide bonds. The Labute approximate surface area is 88.0 Å². The molecule has 0 saturated heterocycles. The average Bonchev–Trinajstić information content (AvgIpc) is 2.19. The first-order valence-electron chi connectivity index (χ1n) is 4.45. The van der Waals surface area contributed by atoms with Gasteiger partial charge in [0.05, 0.1) is 7.11 Å². The predicted molar refractivity (Wildman–Crippen MR) is 57.5 cm³/mol. The molecule has 0 aliphatic carbocycles. The van der Waals surface area contributed by atoms with Gasteiger partial charge in [-0.1, -0.05) is 12.2 Å². The Hall–Kier alpha value is -1.97. The molecule has 3 N–H and O–H groups in total. The number of nitrogens with two attached hydrogens (primary N) is 1. The Morgan fingerprint density at radius 1 is 1.60 bits per heavy atom. The number of aromatic hydroxyl groups is 1. The van der Waals surface area contributed by atoms with Crippen LogP contribution in [-0.2, 0) is 4.79 Å². The number of carbonyl (C=O) groups excluding carboxylic acids is 1. The molecule has 1 aromatic carbocycles. The summed E-state index contributed by atoms with van der Waals surface area (Å²) in [6.45, 7) is 0. The van der Waals surface area contributed by atoms with Crippen LogP contribution >= 0.6 is 0 Å². The third-order valence-corrected chi connectivity index (χ3v) is 1.83. The molecule has 0 spiro atoms. The van der Waals surface area contributed by atoms with Gasteiger partial charge in [0.25, 0.3) is 0 Å². The minimum absolute atomic E-state index is 0.138. The number of ether oxygens (including phenoxy) is 1. The third kappa shape index (κ3) is 3.34. The van der Waals surface area contributed by atoms with Crippen molar-refractivity contribution in [2.24, 2.45) is 5.73 Å². The van der Waals surface area contributed by atoms with Gasteiger partial charge in [0, 0.05) is 18.1 Å². The van der Waals surface area contributed by atoms with Gasteiger partial charge >= 0.3 is 0 Å². The largest absolute Gasteiger partial charge is 0.508 e. The summed E-state index contributed by atoms with van der Waals surface area (Å²) in [7, 11) is 1.51. The van der Waals surface area contributed by atoms with Crippen molar-refractivity contribution in [3.8, 4) is 11.5 Å². The quantitative estimate of drug-likeness (QED) is 0.781. The normalized spacial score (nSPS) is 10.5. The summed E-state index contributed by atoms with van der Waals surface area (Å²) in [6.07, 6.45) is 3.56. The minimum atomic E-state index is -0.385. The highest BCUT2D eigenvalue weighted by molar-refractivity contribution is 5.76. The first kappa shape index (κ1) is 11.1. The van der Waals surface area contributed by atoms with E-state index in [0.29, 0.717) is 5.75 Å². The highest BCUT2D eigenvalue weighted by Crippen LogP contribution is 2.24. The maximum Gasteiger partial charge on any atom is 0.221 e. The molecule has 0 aliphatic heterocycles. The highest BCUT2D eigenvalue weighted by atomic mass is 16.5. The van der Waals surface area contributed by atoms with Crippen LogP contribution in [0.1, 0.15) is 12.0 Å². The molecule has 80 valence electrons. The number of carbonyl (C=O) groups is 1. The molecular formula is C11H13NO3. The Kier molecular flexibility index (Phi) is 3.74. The van der Waals surface area contributed by atoms with Crippen molar-refractivity contribution in [3.63, 3.8) is 0 Å². The summed E-state index contributed by atoms with van der Waals surface area (Å²) in [6, 6.07) is 4.75. The highest BCUT2D eigenvalue weighted by Gasteiger charge is 2.00.